The SMILES string of the molecule is CN(CC1CC(Cl)C1)C(=O)c1nn(C)c2ccccc12. The van der Waals surface area contributed by atoms with E-state index >= 15 is 0 Å². The highest BCUT2D eigenvalue weighted by molar-refractivity contribution is 6.21. The van der Waals surface area contributed by atoms with E-state index in [9.17, 15) is 4.79 Å². The van der Waals surface area contributed by atoms with Crippen LogP contribution in [-0.4, -0.2) is 39.6 Å². The maximum atomic E-state index is 12.5. The highest BCUT2D eigenvalue weighted by Gasteiger charge is 2.30. The Balaban J connectivity index is 1.81. The van der Waals surface area contributed by atoms with Gasteiger partial charge in [0.05, 0.1) is 5.52 Å². The van der Waals surface area contributed by atoms with Gasteiger partial charge in [0, 0.05) is 31.4 Å². The fourth-order valence-corrected chi connectivity index (χ4v) is 3.33. The molecule has 106 valence electrons. The molecule has 1 aliphatic rings. The molecule has 1 saturated carbocycles. The fourth-order valence-electron chi connectivity index (χ4n) is 2.83. The number of nitrogens with zero attached hydrogens (tertiary/aromatic N) is 3. The minimum absolute atomic E-state index is 0.0141. The molecule has 1 amide bonds. The van der Waals surface area contributed by atoms with Crippen molar-refractivity contribution in [2.45, 2.75) is 18.2 Å². The Morgan fingerprint density at radius 3 is 2.85 bits per heavy atom. The van der Waals surface area contributed by atoms with Crippen molar-refractivity contribution in [3.05, 3.63) is 30.0 Å². The second kappa shape index (κ2) is 5.09. The van der Waals surface area contributed by atoms with Crippen LogP contribution >= 0.6 is 11.6 Å². The molecule has 5 heteroatoms. The van der Waals surface area contributed by atoms with E-state index in [0.29, 0.717) is 17.0 Å². The highest BCUT2D eigenvalue weighted by Crippen LogP contribution is 2.32. The van der Waals surface area contributed by atoms with E-state index in [0.717, 1.165) is 30.3 Å². The van der Waals surface area contributed by atoms with Gasteiger partial charge in [-0.1, -0.05) is 18.2 Å². The van der Waals surface area contributed by atoms with E-state index in [1.165, 1.54) is 0 Å². The van der Waals surface area contributed by atoms with Gasteiger partial charge < -0.3 is 4.90 Å². The molecule has 4 nitrogen and oxygen atoms in total. The Morgan fingerprint density at radius 1 is 1.45 bits per heavy atom. The van der Waals surface area contributed by atoms with Gasteiger partial charge in [0.15, 0.2) is 5.69 Å². The van der Waals surface area contributed by atoms with Gasteiger partial charge in [-0.15, -0.1) is 11.6 Å². The molecule has 0 bridgehead atoms. The number of fused-ring (bicyclic) bond motifs is 1. The lowest BCUT2D eigenvalue weighted by Crippen LogP contribution is -2.38. The van der Waals surface area contributed by atoms with Crippen LogP contribution in [0, 0.1) is 5.92 Å². The normalized spacial score (nSPS) is 21.8. The lowest BCUT2D eigenvalue weighted by Gasteiger charge is -2.33. The summed E-state index contributed by atoms with van der Waals surface area (Å²) in [5.74, 6) is 0.515. The number of alkyl halides is 1. The van der Waals surface area contributed by atoms with Crippen molar-refractivity contribution in [2.24, 2.45) is 13.0 Å². The molecule has 0 aliphatic heterocycles. The van der Waals surface area contributed by atoms with Crippen molar-refractivity contribution < 1.29 is 4.79 Å². The molecular formula is C15H18ClN3O. The smallest absolute Gasteiger partial charge is 0.274 e. The van der Waals surface area contributed by atoms with Crippen LogP contribution in [0.25, 0.3) is 10.9 Å². The van der Waals surface area contributed by atoms with Gasteiger partial charge in [-0.2, -0.15) is 5.10 Å². The van der Waals surface area contributed by atoms with Gasteiger partial charge in [-0.3, -0.25) is 9.48 Å². The van der Waals surface area contributed by atoms with Crippen LogP contribution in [0.15, 0.2) is 24.3 Å². The summed E-state index contributed by atoms with van der Waals surface area (Å²) in [6.45, 7) is 0.757. The van der Waals surface area contributed by atoms with Gasteiger partial charge >= 0.3 is 0 Å². The van der Waals surface area contributed by atoms with E-state index in [4.69, 9.17) is 11.6 Å². The van der Waals surface area contributed by atoms with Crippen molar-refractivity contribution in [3.8, 4) is 0 Å². The predicted molar refractivity (Wildman–Crippen MR) is 80.0 cm³/mol. The molecule has 0 unspecified atom stereocenters. The summed E-state index contributed by atoms with van der Waals surface area (Å²) < 4.78 is 1.76. The first kappa shape index (κ1) is 13.4. The molecular weight excluding hydrogens is 274 g/mol. The summed E-state index contributed by atoms with van der Waals surface area (Å²) in [7, 11) is 3.70. The number of amides is 1. The number of aryl methyl sites for hydroxylation is 1. The summed E-state index contributed by atoms with van der Waals surface area (Å²) in [5.41, 5.74) is 1.51. The molecule has 1 aromatic carbocycles. The van der Waals surface area contributed by atoms with Crippen LogP contribution < -0.4 is 0 Å². The lowest BCUT2D eigenvalue weighted by molar-refractivity contribution is 0.0742. The lowest BCUT2D eigenvalue weighted by atomic mass is 9.84. The van der Waals surface area contributed by atoms with Crippen LogP contribution in [0.2, 0.25) is 0 Å². The summed E-state index contributed by atoms with van der Waals surface area (Å²) in [6, 6.07) is 7.81. The number of carbonyl (C=O) groups is 1. The summed E-state index contributed by atoms with van der Waals surface area (Å²) in [5, 5.41) is 5.58. The Kier molecular flexibility index (Phi) is 3.42. The van der Waals surface area contributed by atoms with Gasteiger partial charge in [0.2, 0.25) is 0 Å². The summed E-state index contributed by atoms with van der Waals surface area (Å²) in [4.78, 5) is 14.3. The monoisotopic (exact) mass is 291 g/mol. The van der Waals surface area contributed by atoms with Gasteiger partial charge in [-0.25, -0.2) is 0 Å². The maximum absolute atomic E-state index is 12.5. The van der Waals surface area contributed by atoms with E-state index in [2.05, 4.69) is 5.10 Å². The molecule has 0 radical (unpaired) electrons. The third-order valence-corrected chi connectivity index (χ3v) is 4.37. The average Bonchev–Trinajstić information content (AvgIpc) is 2.74. The number of benzene rings is 1. The van der Waals surface area contributed by atoms with Crippen molar-refractivity contribution in [3.63, 3.8) is 0 Å². The Bertz CT molecular complexity index is 646. The van der Waals surface area contributed by atoms with Crippen LogP contribution in [-0.2, 0) is 7.05 Å². The van der Waals surface area contributed by atoms with Crippen LogP contribution in [0.4, 0.5) is 0 Å². The van der Waals surface area contributed by atoms with Gasteiger partial charge in [-0.05, 0) is 24.8 Å². The summed E-state index contributed by atoms with van der Waals surface area (Å²) in [6.07, 6.45) is 2.00. The van der Waals surface area contributed by atoms with Crippen molar-refractivity contribution in [2.75, 3.05) is 13.6 Å². The van der Waals surface area contributed by atoms with E-state index in [1.54, 1.807) is 9.58 Å². The first-order valence-corrected chi connectivity index (χ1v) is 7.31. The fraction of sp³-hybridized carbons (Fsp3) is 0.467. The topological polar surface area (TPSA) is 38.1 Å². The third-order valence-electron chi connectivity index (χ3n) is 4.02. The minimum atomic E-state index is -0.0141. The molecule has 0 saturated heterocycles. The second-order valence-electron chi connectivity index (χ2n) is 5.61. The van der Waals surface area contributed by atoms with Crippen molar-refractivity contribution in [1.82, 2.24) is 14.7 Å². The summed E-state index contributed by atoms with van der Waals surface area (Å²) >= 11 is 5.99. The zero-order valence-corrected chi connectivity index (χ0v) is 12.5. The molecule has 1 aliphatic carbocycles. The number of carbonyl (C=O) groups excluding carboxylic acids is 1. The third kappa shape index (κ3) is 2.29. The van der Waals surface area contributed by atoms with Crippen molar-refractivity contribution in [1.29, 1.82) is 0 Å². The Hall–Kier alpha value is -1.55. The first-order valence-electron chi connectivity index (χ1n) is 6.87. The zero-order chi connectivity index (χ0) is 14.3. The first-order chi connectivity index (χ1) is 9.56. The number of aromatic nitrogens is 2. The molecule has 20 heavy (non-hydrogen) atoms. The Morgan fingerprint density at radius 2 is 2.15 bits per heavy atom. The average molecular weight is 292 g/mol. The molecule has 0 atom stereocenters. The van der Waals surface area contributed by atoms with E-state index in [1.807, 2.05) is 38.4 Å². The number of hydrogen-bond acceptors (Lipinski definition) is 2. The standard InChI is InChI=1S/C15H18ClN3O/c1-18(9-10-7-11(16)8-10)15(20)14-12-5-3-4-6-13(12)19(2)17-14/h3-6,10-11H,7-9H2,1-2H3. The molecule has 1 fully saturated rings. The Labute approximate surface area is 123 Å². The number of halogens is 1. The van der Waals surface area contributed by atoms with Gasteiger partial charge in [0.1, 0.15) is 0 Å². The number of para-hydroxylation sites is 1. The number of hydrogen-bond donors (Lipinski definition) is 0. The van der Waals surface area contributed by atoms with Crippen LogP contribution in [0.1, 0.15) is 23.3 Å². The molecule has 1 aromatic heterocycles. The van der Waals surface area contributed by atoms with E-state index in [-0.39, 0.29) is 5.91 Å². The zero-order valence-electron chi connectivity index (χ0n) is 11.7. The van der Waals surface area contributed by atoms with Crippen LogP contribution in [0.3, 0.4) is 0 Å². The molecule has 2 aromatic rings. The molecule has 1 heterocycles. The number of rotatable bonds is 3. The molecule has 0 spiro atoms. The highest BCUT2D eigenvalue weighted by atomic mass is 35.5. The quantitative estimate of drug-likeness (QED) is 0.816. The van der Waals surface area contributed by atoms with E-state index < -0.39 is 0 Å². The van der Waals surface area contributed by atoms with Gasteiger partial charge in [0.25, 0.3) is 5.91 Å². The molecule has 3 rings (SSSR count). The predicted octanol–water partition coefficient (Wildman–Crippen LogP) is 2.66. The largest absolute Gasteiger partial charge is 0.340 e. The van der Waals surface area contributed by atoms with Crippen LogP contribution in [0.5, 0.6) is 0 Å². The minimum Gasteiger partial charge on any atom is -0.340 e. The molecule has 0 N–H and O–H groups in total. The second-order valence-corrected chi connectivity index (χ2v) is 6.23. The maximum Gasteiger partial charge on any atom is 0.274 e. The van der Waals surface area contributed by atoms with Crippen molar-refractivity contribution >= 4 is 28.4 Å².